The lowest BCUT2D eigenvalue weighted by Gasteiger charge is -2.11. The van der Waals surface area contributed by atoms with Gasteiger partial charge in [0, 0.05) is 24.7 Å². The molecule has 0 saturated carbocycles. The van der Waals surface area contributed by atoms with E-state index < -0.39 is 0 Å². The van der Waals surface area contributed by atoms with Crippen LogP contribution in [0.1, 0.15) is 23.6 Å². The van der Waals surface area contributed by atoms with Crippen molar-refractivity contribution in [3.63, 3.8) is 0 Å². The molecule has 0 fully saturated rings. The van der Waals surface area contributed by atoms with Crippen LogP contribution < -0.4 is 14.8 Å². The van der Waals surface area contributed by atoms with Gasteiger partial charge in [-0.15, -0.1) is 0 Å². The summed E-state index contributed by atoms with van der Waals surface area (Å²) in [4.78, 5) is 0. The minimum Gasteiger partial charge on any atom is -0.497 e. The quantitative estimate of drug-likeness (QED) is 0.844. The summed E-state index contributed by atoms with van der Waals surface area (Å²) in [5, 5.41) is 3.45. The van der Waals surface area contributed by atoms with Gasteiger partial charge in [0.25, 0.3) is 0 Å². The van der Waals surface area contributed by atoms with E-state index in [0.717, 1.165) is 36.6 Å². The smallest absolute Gasteiger partial charge is 0.127 e. The topological polar surface area (TPSA) is 30.5 Å². The van der Waals surface area contributed by atoms with Crippen LogP contribution in [0.5, 0.6) is 11.5 Å². The summed E-state index contributed by atoms with van der Waals surface area (Å²) in [6, 6.07) is 14.6. The molecule has 3 nitrogen and oxygen atoms in total. The number of nitrogens with one attached hydrogen (secondary N) is 1. The van der Waals surface area contributed by atoms with Crippen molar-refractivity contribution < 1.29 is 9.47 Å². The molecule has 21 heavy (non-hydrogen) atoms. The number of methoxy groups -OCH3 is 2. The van der Waals surface area contributed by atoms with E-state index in [1.54, 1.807) is 14.2 Å². The molecular weight excluding hydrogens is 262 g/mol. The van der Waals surface area contributed by atoms with E-state index in [9.17, 15) is 0 Å². The lowest BCUT2D eigenvalue weighted by Crippen LogP contribution is -2.13. The molecule has 0 heterocycles. The van der Waals surface area contributed by atoms with E-state index in [-0.39, 0.29) is 0 Å². The maximum atomic E-state index is 5.40. The first-order chi connectivity index (χ1) is 10.3. The Balaban J connectivity index is 1.93. The number of aryl methyl sites for hydroxylation is 1. The van der Waals surface area contributed by atoms with Crippen molar-refractivity contribution in [1.82, 2.24) is 5.32 Å². The highest BCUT2D eigenvalue weighted by molar-refractivity contribution is 5.40. The molecule has 0 spiro atoms. The highest BCUT2D eigenvalue weighted by Crippen LogP contribution is 2.24. The Morgan fingerprint density at radius 2 is 1.57 bits per heavy atom. The van der Waals surface area contributed by atoms with Crippen molar-refractivity contribution in [3.05, 3.63) is 59.2 Å². The van der Waals surface area contributed by atoms with Gasteiger partial charge in [0.1, 0.15) is 11.5 Å². The van der Waals surface area contributed by atoms with Crippen LogP contribution in [-0.4, -0.2) is 14.2 Å². The molecule has 0 amide bonds. The fourth-order valence-corrected chi connectivity index (χ4v) is 2.23. The maximum Gasteiger partial charge on any atom is 0.127 e. The predicted molar refractivity (Wildman–Crippen MR) is 85.9 cm³/mol. The fraction of sp³-hybridized carbons (Fsp3) is 0.333. The average Bonchev–Trinajstić information content (AvgIpc) is 2.55. The van der Waals surface area contributed by atoms with E-state index in [0.29, 0.717) is 0 Å². The van der Waals surface area contributed by atoms with E-state index in [4.69, 9.17) is 9.47 Å². The predicted octanol–water partition coefficient (Wildman–Crippen LogP) is 3.56. The SMILES string of the molecule is CCc1ccc(CNCc2ccc(OC)cc2OC)cc1. The molecule has 0 radical (unpaired) electrons. The van der Waals surface area contributed by atoms with E-state index in [1.807, 2.05) is 18.2 Å². The Morgan fingerprint density at radius 3 is 2.19 bits per heavy atom. The molecule has 112 valence electrons. The minimum absolute atomic E-state index is 0.767. The van der Waals surface area contributed by atoms with Crippen LogP contribution in [0.2, 0.25) is 0 Å². The van der Waals surface area contributed by atoms with Crippen LogP contribution in [0.15, 0.2) is 42.5 Å². The molecule has 3 heteroatoms. The Hall–Kier alpha value is -2.00. The first-order valence-electron chi connectivity index (χ1n) is 7.26. The molecule has 2 aromatic rings. The van der Waals surface area contributed by atoms with Crippen LogP contribution in [0.4, 0.5) is 0 Å². The Kier molecular flexibility index (Phi) is 5.64. The Bertz CT molecular complexity index is 564. The van der Waals surface area contributed by atoms with Crippen molar-refractivity contribution >= 4 is 0 Å². The van der Waals surface area contributed by atoms with Crippen molar-refractivity contribution in [2.45, 2.75) is 26.4 Å². The van der Waals surface area contributed by atoms with Crippen molar-refractivity contribution in [1.29, 1.82) is 0 Å². The Morgan fingerprint density at radius 1 is 0.857 bits per heavy atom. The van der Waals surface area contributed by atoms with Crippen LogP contribution in [0.3, 0.4) is 0 Å². The first kappa shape index (κ1) is 15.4. The molecule has 1 N–H and O–H groups in total. The zero-order valence-corrected chi connectivity index (χ0v) is 13.0. The summed E-state index contributed by atoms with van der Waals surface area (Å²) in [5.41, 5.74) is 3.79. The largest absolute Gasteiger partial charge is 0.497 e. The van der Waals surface area contributed by atoms with Gasteiger partial charge in [0.05, 0.1) is 14.2 Å². The van der Waals surface area contributed by atoms with Gasteiger partial charge < -0.3 is 14.8 Å². The van der Waals surface area contributed by atoms with Gasteiger partial charge in [0.2, 0.25) is 0 Å². The molecule has 0 aliphatic heterocycles. The van der Waals surface area contributed by atoms with E-state index in [2.05, 4.69) is 36.5 Å². The summed E-state index contributed by atoms with van der Waals surface area (Å²) in [7, 11) is 3.34. The second kappa shape index (κ2) is 7.70. The van der Waals surface area contributed by atoms with Gasteiger partial charge in [-0.05, 0) is 23.6 Å². The standard InChI is InChI=1S/C18H23NO2/c1-4-14-5-7-15(8-6-14)12-19-13-16-9-10-17(20-2)11-18(16)21-3/h5-11,19H,4,12-13H2,1-3H3. The summed E-state index contributed by atoms with van der Waals surface area (Å²) in [6.45, 7) is 3.78. The van der Waals surface area contributed by atoms with Crippen molar-refractivity contribution in [2.75, 3.05) is 14.2 Å². The molecule has 0 aliphatic rings. The van der Waals surface area contributed by atoms with Crippen LogP contribution in [0, 0.1) is 0 Å². The van der Waals surface area contributed by atoms with E-state index >= 15 is 0 Å². The van der Waals surface area contributed by atoms with Gasteiger partial charge in [-0.25, -0.2) is 0 Å². The lowest BCUT2D eigenvalue weighted by atomic mass is 10.1. The molecule has 0 bridgehead atoms. The molecule has 0 aromatic heterocycles. The molecule has 2 aromatic carbocycles. The summed E-state index contributed by atoms with van der Waals surface area (Å²) in [5.74, 6) is 1.66. The van der Waals surface area contributed by atoms with Crippen molar-refractivity contribution in [2.24, 2.45) is 0 Å². The number of ether oxygens (including phenoxy) is 2. The van der Waals surface area contributed by atoms with Gasteiger partial charge in [-0.1, -0.05) is 37.3 Å². The number of rotatable bonds is 7. The molecule has 2 rings (SSSR count). The molecular formula is C18H23NO2. The lowest BCUT2D eigenvalue weighted by molar-refractivity contribution is 0.390. The van der Waals surface area contributed by atoms with Gasteiger partial charge >= 0.3 is 0 Å². The number of hydrogen-bond acceptors (Lipinski definition) is 3. The van der Waals surface area contributed by atoms with Gasteiger partial charge in [-0.2, -0.15) is 0 Å². The second-order valence-corrected chi connectivity index (χ2v) is 4.95. The van der Waals surface area contributed by atoms with Gasteiger partial charge in [-0.3, -0.25) is 0 Å². The molecule has 0 aliphatic carbocycles. The average molecular weight is 285 g/mol. The zero-order valence-electron chi connectivity index (χ0n) is 13.0. The van der Waals surface area contributed by atoms with Gasteiger partial charge in [0.15, 0.2) is 0 Å². The number of benzene rings is 2. The fourth-order valence-electron chi connectivity index (χ4n) is 2.23. The van der Waals surface area contributed by atoms with Crippen LogP contribution in [0.25, 0.3) is 0 Å². The highest BCUT2D eigenvalue weighted by Gasteiger charge is 2.04. The zero-order chi connectivity index (χ0) is 15.1. The maximum absolute atomic E-state index is 5.40. The summed E-state index contributed by atoms with van der Waals surface area (Å²) >= 11 is 0. The van der Waals surface area contributed by atoms with Crippen LogP contribution >= 0.6 is 0 Å². The molecule has 0 atom stereocenters. The van der Waals surface area contributed by atoms with Crippen molar-refractivity contribution in [3.8, 4) is 11.5 Å². The second-order valence-electron chi connectivity index (χ2n) is 4.95. The third-order valence-corrected chi connectivity index (χ3v) is 3.57. The first-order valence-corrected chi connectivity index (χ1v) is 7.26. The monoisotopic (exact) mass is 285 g/mol. The van der Waals surface area contributed by atoms with Crippen LogP contribution in [-0.2, 0) is 19.5 Å². The number of hydrogen-bond donors (Lipinski definition) is 1. The summed E-state index contributed by atoms with van der Waals surface area (Å²) in [6.07, 6.45) is 1.08. The Labute approximate surface area is 126 Å². The summed E-state index contributed by atoms with van der Waals surface area (Å²) < 4.78 is 10.6. The third-order valence-electron chi connectivity index (χ3n) is 3.57. The normalized spacial score (nSPS) is 10.4. The minimum atomic E-state index is 0.767. The molecule has 0 unspecified atom stereocenters. The van der Waals surface area contributed by atoms with E-state index in [1.165, 1.54) is 11.1 Å². The molecule has 0 saturated heterocycles. The third kappa shape index (κ3) is 4.23. The highest BCUT2D eigenvalue weighted by atomic mass is 16.5.